The fourth-order valence-electron chi connectivity index (χ4n) is 5.15. The third kappa shape index (κ3) is 5.18. The number of fused-ring (bicyclic) bond motifs is 2. The minimum atomic E-state index is -0.989. The second-order valence-corrected chi connectivity index (χ2v) is 11.0. The molecule has 43 heavy (non-hydrogen) atoms. The summed E-state index contributed by atoms with van der Waals surface area (Å²) in [4.78, 5) is 34.0. The summed E-state index contributed by atoms with van der Waals surface area (Å²) in [5, 5.41) is 12.3. The minimum Gasteiger partial charge on any atom is -0.503 e. The van der Waals surface area contributed by atoms with E-state index in [0.29, 0.717) is 57.6 Å². The summed E-state index contributed by atoms with van der Waals surface area (Å²) in [6.45, 7) is 5.02. The van der Waals surface area contributed by atoms with Gasteiger partial charge in [-0.1, -0.05) is 48.9 Å². The maximum Gasteiger partial charge on any atom is 0.296 e. The molecule has 1 aliphatic heterocycles. The van der Waals surface area contributed by atoms with Crippen LogP contribution in [0.15, 0.2) is 82.5 Å². The summed E-state index contributed by atoms with van der Waals surface area (Å²) in [7, 11) is 1.52. The number of aromatic nitrogens is 1. The predicted octanol–water partition coefficient (Wildman–Crippen LogP) is 7.41. The van der Waals surface area contributed by atoms with Crippen LogP contribution >= 0.6 is 11.3 Å². The van der Waals surface area contributed by atoms with Gasteiger partial charge in [0.15, 0.2) is 28.0 Å². The number of unbranched alkanes of at least 4 members (excludes halogenated alkanes) is 1. The Morgan fingerprint density at radius 2 is 1.86 bits per heavy atom. The first-order valence-corrected chi connectivity index (χ1v) is 14.9. The van der Waals surface area contributed by atoms with Crippen LogP contribution in [0.2, 0.25) is 0 Å². The smallest absolute Gasteiger partial charge is 0.296 e. The van der Waals surface area contributed by atoms with Crippen LogP contribution in [-0.4, -0.2) is 42.1 Å². The highest BCUT2D eigenvalue weighted by molar-refractivity contribution is 7.22. The molecule has 1 unspecified atom stereocenters. The molecule has 0 spiro atoms. The van der Waals surface area contributed by atoms with Crippen LogP contribution in [-0.2, 0) is 4.79 Å². The molecule has 0 bridgehead atoms. The number of carbonyl (C=O) groups is 2. The van der Waals surface area contributed by atoms with Crippen molar-refractivity contribution in [1.29, 1.82) is 0 Å². The van der Waals surface area contributed by atoms with Crippen molar-refractivity contribution in [1.82, 2.24) is 4.98 Å². The highest BCUT2D eigenvalue weighted by Gasteiger charge is 2.46. The quantitative estimate of drug-likeness (QED) is 0.124. The standard InChI is InChI=1S/C33H30N2O7S/c1-4-6-15-41-21-11-7-9-19(16-21)28-27(29(36)25-17-20-10-8-12-24(39-3)31(20)42-25)30(37)32(38)35(28)33-34-23-14-13-22(40-5-2)18-26(23)43-33/h7-14,16-18,28,37H,4-6,15H2,1-3H3. The summed E-state index contributed by atoms with van der Waals surface area (Å²) in [6.07, 6.45) is 1.86. The summed E-state index contributed by atoms with van der Waals surface area (Å²) in [6, 6.07) is 18.6. The Morgan fingerprint density at radius 1 is 1.05 bits per heavy atom. The van der Waals surface area contributed by atoms with Crippen molar-refractivity contribution in [3.05, 3.63) is 89.4 Å². The number of Topliss-reactive ketones (excluding diaryl/α,β-unsaturated/α-hetero) is 1. The van der Waals surface area contributed by atoms with Crippen molar-refractivity contribution in [2.75, 3.05) is 25.2 Å². The molecule has 3 heterocycles. The molecule has 0 aliphatic carbocycles. The van der Waals surface area contributed by atoms with Crippen LogP contribution < -0.4 is 19.1 Å². The molecule has 6 rings (SSSR count). The molecular weight excluding hydrogens is 568 g/mol. The Balaban J connectivity index is 1.47. The number of furan rings is 1. The molecule has 0 saturated heterocycles. The number of thiazole rings is 1. The van der Waals surface area contributed by atoms with E-state index in [1.165, 1.54) is 23.3 Å². The first kappa shape index (κ1) is 28.3. The van der Waals surface area contributed by atoms with Gasteiger partial charge in [0.05, 0.1) is 42.2 Å². The topological polar surface area (TPSA) is 111 Å². The lowest BCUT2D eigenvalue weighted by molar-refractivity contribution is -0.117. The molecule has 0 radical (unpaired) electrons. The van der Waals surface area contributed by atoms with Gasteiger partial charge in [-0.3, -0.25) is 14.5 Å². The lowest BCUT2D eigenvalue weighted by Gasteiger charge is -2.24. The highest BCUT2D eigenvalue weighted by atomic mass is 32.1. The van der Waals surface area contributed by atoms with Crippen molar-refractivity contribution < 1.29 is 33.3 Å². The monoisotopic (exact) mass is 598 g/mol. The van der Waals surface area contributed by atoms with E-state index in [4.69, 9.17) is 23.6 Å². The van der Waals surface area contributed by atoms with Crippen LogP contribution in [0.4, 0.5) is 5.13 Å². The number of carbonyl (C=O) groups excluding carboxylic acids is 2. The van der Waals surface area contributed by atoms with Crippen molar-refractivity contribution in [2.45, 2.75) is 32.7 Å². The van der Waals surface area contributed by atoms with Crippen molar-refractivity contribution in [2.24, 2.45) is 0 Å². The summed E-state index contributed by atoms with van der Waals surface area (Å²) < 4.78 is 23.7. The third-order valence-electron chi connectivity index (χ3n) is 7.21. The Labute approximate surface area is 251 Å². The average molecular weight is 599 g/mol. The van der Waals surface area contributed by atoms with Crippen molar-refractivity contribution in [3.8, 4) is 17.2 Å². The Hall–Kier alpha value is -4.83. The van der Waals surface area contributed by atoms with Crippen molar-refractivity contribution in [3.63, 3.8) is 0 Å². The van der Waals surface area contributed by atoms with E-state index >= 15 is 0 Å². The molecule has 1 amide bonds. The fraction of sp³-hybridized carbons (Fsp3) is 0.242. The molecule has 220 valence electrons. The zero-order valence-electron chi connectivity index (χ0n) is 24.0. The zero-order valence-corrected chi connectivity index (χ0v) is 24.8. The van der Waals surface area contributed by atoms with E-state index in [0.717, 1.165) is 17.5 Å². The fourth-order valence-corrected chi connectivity index (χ4v) is 6.17. The number of ether oxygens (including phenoxy) is 3. The molecule has 2 aromatic heterocycles. The van der Waals surface area contributed by atoms with Gasteiger partial charge in [0.2, 0.25) is 5.78 Å². The molecule has 0 saturated carbocycles. The SMILES string of the molecule is CCCCOc1cccc(C2C(C(=O)c3cc4cccc(OC)c4o3)=C(O)C(=O)N2c2nc3ccc(OCC)cc3s2)c1. The number of para-hydroxylation sites is 1. The molecule has 0 fully saturated rings. The molecule has 5 aromatic rings. The Bertz CT molecular complexity index is 1870. The predicted molar refractivity (Wildman–Crippen MR) is 165 cm³/mol. The summed E-state index contributed by atoms with van der Waals surface area (Å²) >= 11 is 1.27. The number of aliphatic hydroxyl groups is 1. The second-order valence-electron chi connectivity index (χ2n) is 9.99. The third-order valence-corrected chi connectivity index (χ3v) is 8.23. The molecule has 10 heteroatoms. The number of ketones is 1. The number of rotatable bonds is 11. The van der Waals surface area contributed by atoms with Gasteiger partial charge in [0.1, 0.15) is 11.5 Å². The van der Waals surface area contributed by atoms with Gasteiger partial charge in [0, 0.05) is 5.39 Å². The largest absolute Gasteiger partial charge is 0.503 e. The van der Waals surface area contributed by atoms with E-state index in [1.54, 1.807) is 42.5 Å². The highest BCUT2D eigenvalue weighted by Crippen LogP contribution is 2.45. The number of nitrogens with zero attached hydrogens (tertiary/aromatic N) is 2. The van der Waals surface area contributed by atoms with E-state index in [2.05, 4.69) is 6.92 Å². The molecule has 1 atom stereocenters. The maximum atomic E-state index is 14.1. The molecular formula is C33H30N2O7S. The van der Waals surface area contributed by atoms with Crippen LogP contribution in [0.1, 0.15) is 48.8 Å². The van der Waals surface area contributed by atoms with Gasteiger partial charge in [-0.25, -0.2) is 4.98 Å². The van der Waals surface area contributed by atoms with Crippen LogP contribution in [0.5, 0.6) is 17.2 Å². The number of hydrogen-bond acceptors (Lipinski definition) is 9. The first-order chi connectivity index (χ1) is 20.9. The lowest BCUT2D eigenvalue weighted by atomic mass is 9.95. The van der Waals surface area contributed by atoms with Crippen LogP contribution in [0.25, 0.3) is 21.2 Å². The van der Waals surface area contributed by atoms with Crippen molar-refractivity contribution >= 4 is 49.3 Å². The molecule has 3 aromatic carbocycles. The molecule has 1 N–H and O–H groups in total. The van der Waals surface area contributed by atoms with Crippen LogP contribution in [0.3, 0.4) is 0 Å². The summed E-state index contributed by atoms with van der Waals surface area (Å²) in [5.74, 6) is -0.291. The van der Waals surface area contributed by atoms with E-state index < -0.39 is 23.5 Å². The van der Waals surface area contributed by atoms with E-state index in [9.17, 15) is 14.7 Å². The van der Waals surface area contributed by atoms with Gasteiger partial charge in [0.25, 0.3) is 5.91 Å². The number of amides is 1. The van der Waals surface area contributed by atoms with Gasteiger partial charge in [-0.2, -0.15) is 0 Å². The van der Waals surface area contributed by atoms with Gasteiger partial charge in [-0.05, 0) is 61.4 Å². The number of benzene rings is 3. The molecule has 9 nitrogen and oxygen atoms in total. The van der Waals surface area contributed by atoms with E-state index in [1.807, 2.05) is 31.2 Å². The first-order valence-electron chi connectivity index (χ1n) is 14.1. The van der Waals surface area contributed by atoms with Gasteiger partial charge >= 0.3 is 0 Å². The minimum absolute atomic E-state index is 0.0262. The zero-order chi connectivity index (χ0) is 30.1. The van der Waals surface area contributed by atoms with E-state index in [-0.39, 0.29) is 11.3 Å². The number of methoxy groups -OCH3 is 1. The normalized spacial score (nSPS) is 15.1. The number of aliphatic hydroxyl groups excluding tert-OH is 1. The number of hydrogen-bond donors (Lipinski definition) is 1. The average Bonchev–Trinajstić information content (AvgIpc) is 3.71. The van der Waals surface area contributed by atoms with Gasteiger partial charge in [-0.15, -0.1) is 0 Å². The lowest BCUT2D eigenvalue weighted by Crippen LogP contribution is -2.31. The maximum absolute atomic E-state index is 14.1. The summed E-state index contributed by atoms with van der Waals surface area (Å²) in [5.41, 5.74) is 1.53. The number of anilines is 1. The second kappa shape index (κ2) is 11.8. The van der Waals surface area contributed by atoms with Gasteiger partial charge < -0.3 is 23.7 Å². The Kier molecular flexibility index (Phi) is 7.77. The molecule has 1 aliphatic rings. The van der Waals surface area contributed by atoms with Crippen LogP contribution in [0, 0.1) is 0 Å². The Morgan fingerprint density at radius 3 is 2.65 bits per heavy atom.